The van der Waals surface area contributed by atoms with E-state index in [1.54, 1.807) is 12.4 Å². The SMILES string of the molecule is CSc1ncc2cnn(-c3ccccc3)c2n1. The first-order chi connectivity index (χ1) is 8.38. The van der Waals surface area contributed by atoms with Crippen molar-refractivity contribution in [3.05, 3.63) is 42.7 Å². The molecule has 0 atom stereocenters. The van der Waals surface area contributed by atoms with E-state index in [1.807, 2.05) is 41.3 Å². The highest BCUT2D eigenvalue weighted by Crippen LogP contribution is 2.18. The van der Waals surface area contributed by atoms with Gasteiger partial charge in [0, 0.05) is 6.20 Å². The molecule has 3 rings (SSSR count). The van der Waals surface area contributed by atoms with Crippen molar-refractivity contribution in [3.63, 3.8) is 0 Å². The van der Waals surface area contributed by atoms with Gasteiger partial charge in [0.2, 0.25) is 0 Å². The van der Waals surface area contributed by atoms with E-state index >= 15 is 0 Å². The summed E-state index contributed by atoms with van der Waals surface area (Å²) in [6.45, 7) is 0. The van der Waals surface area contributed by atoms with Gasteiger partial charge >= 0.3 is 0 Å². The van der Waals surface area contributed by atoms with Gasteiger partial charge in [-0.25, -0.2) is 14.6 Å². The van der Waals surface area contributed by atoms with Crippen LogP contribution in [0.1, 0.15) is 0 Å². The van der Waals surface area contributed by atoms with Crippen molar-refractivity contribution in [2.75, 3.05) is 6.26 Å². The van der Waals surface area contributed by atoms with E-state index in [0.29, 0.717) is 0 Å². The molecule has 2 heterocycles. The number of rotatable bonds is 2. The van der Waals surface area contributed by atoms with Crippen molar-refractivity contribution >= 4 is 22.8 Å². The summed E-state index contributed by atoms with van der Waals surface area (Å²) in [5.74, 6) is 0. The second kappa shape index (κ2) is 4.18. The molecule has 17 heavy (non-hydrogen) atoms. The monoisotopic (exact) mass is 242 g/mol. The first-order valence-electron chi connectivity index (χ1n) is 5.18. The van der Waals surface area contributed by atoms with E-state index in [9.17, 15) is 0 Å². The van der Waals surface area contributed by atoms with E-state index in [4.69, 9.17) is 0 Å². The molecule has 0 fully saturated rings. The smallest absolute Gasteiger partial charge is 0.189 e. The lowest BCUT2D eigenvalue weighted by Crippen LogP contribution is -1.98. The first-order valence-corrected chi connectivity index (χ1v) is 6.41. The molecule has 0 spiro atoms. The molecule has 5 heteroatoms. The van der Waals surface area contributed by atoms with Crippen LogP contribution in [-0.4, -0.2) is 26.0 Å². The Morgan fingerprint density at radius 2 is 1.94 bits per heavy atom. The fraction of sp³-hybridized carbons (Fsp3) is 0.0833. The molecule has 4 nitrogen and oxygen atoms in total. The first kappa shape index (κ1) is 10.3. The van der Waals surface area contributed by atoms with Crippen molar-refractivity contribution < 1.29 is 0 Å². The summed E-state index contributed by atoms with van der Waals surface area (Å²) >= 11 is 1.53. The fourth-order valence-electron chi connectivity index (χ4n) is 1.66. The molecule has 0 saturated heterocycles. The van der Waals surface area contributed by atoms with Crippen molar-refractivity contribution in [3.8, 4) is 5.69 Å². The van der Waals surface area contributed by atoms with Crippen molar-refractivity contribution in [1.82, 2.24) is 19.7 Å². The Bertz CT molecular complexity index is 648. The molecule has 0 bridgehead atoms. The molecule has 0 amide bonds. The second-order valence-corrected chi connectivity index (χ2v) is 4.30. The molecule has 1 aromatic carbocycles. The Hall–Kier alpha value is -1.88. The van der Waals surface area contributed by atoms with Crippen LogP contribution in [0, 0.1) is 0 Å². The molecule has 0 saturated carbocycles. The third kappa shape index (κ3) is 1.78. The van der Waals surface area contributed by atoms with E-state index in [-0.39, 0.29) is 0 Å². The van der Waals surface area contributed by atoms with Gasteiger partial charge in [-0.05, 0) is 18.4 Å². The highest BCUT2D eigenvalue weighted by atomic mass is 32.2. The Morgan fingerprint density at radius 1 is 1.12 bits per heavy atom. The summed E-state index contributed by atoms with van der Waals surface area (Å²) in [5, 5.41) is 6.06. The van der Waals surface area contributed by atoms with Crippen LogP contribution >= 0.6 is 11.8 Å². The zero-order valence-corrected chi connectivity index (χ0v) is 10.1. The highest BCUT2D eigenvalue weighted by Gasteiger charge is 2.07. The van der Waals surface area contributed by atoms with Crippen LogP contribution in [0.15, 0.2) is 47.9 Å². The van der Waals surface area contributed by atoms with Gasteiger partial charge in [-0.15, -0.1) is 0 Å². The molecule has 0 unspecified atom stereocenters. The molecule has 84 valence electrons. The molecule has 0 aliphatic rings. The minimum Gasteiger partial charge on any atom is -0.230 e. The molecular weight excluding hydrogens is 232 g/mol. The average Bonchev–Trinajstić information content (AvgIpc) is 2.82. The minimum atomic E-state index is 0.759. The third-order valence-corrected chi connectivity index (χ3v) is 3.03. The normalized spacial score (nSPS) is 10.9. The molecule has 0 radical (unpaired) electrons. The van der Waals surface area contributed by atoms with Crippen LogP contribution in [0.25, 0.3) is 16.7 Å². The van der Waals surface area contributed by atoms with Crippen LogP contribution in [0.3, 0.4) is 0 Å². The highest BCUT2D eigenvalue weighted by molar-refractivity contribution is 7.98. The Morgan fingerprint density at radius 3 is 2.71 bits per heavy atom. The third-order valence-electron chi connectivity index (χ3n) is 2.47. The minimum absolute atomic E-state index is 0.759. The maximum Gasteiger partial charge on any atom is 0.189 e. The van der Waals surface area contributed by atoms with E-state index in [1.165, 1.54) is 11.8 Å². The largest absolute Gasteiger partial charge is 0.230 e. The number of hydrogen-bond acceptors (Lipinski definition) is 4. The van der Waals surface area contributed by atoms with Crippen LogP contribution in [0.2, 0.25) is 0 Å². The zero-order chi connectivity index (χ0) is 11.7. The van der Waals surface area contributed by atoms with Gasteiger partial charge in [0.15, 0.2) is 10.8 Å². The van der Waals surface area contributed by atoms with E-state index in [0.717, 1.165) is 21.9 Å². The molecule has 3 aromatic rings. The van der Waals surface area contributed by atoms with Gasteiger partial charge in [0.25, 0.3) is 0 Å². The Kier molecular flexibility index (Phi) is 2.53. The zero-order valence-electron chi connectivity index (χ0n) is 9.24. The number of nitrogens with zero attached hydrogens (tertiary/aromatic N) is 4. The summed E-state index contributed by atoms with van der Waals surface area (Å²) < 4.78 is 1.83. The number of para-hydroxylation sites is 1. The predicted molar refractivity (Wildman–Crippen MR) is 68.4 cm³/mol. The van der Waals surface area contributed by atoms with Crippen molar-refractivity contribution in [2.24, 2.45) is 0 Å². The van der Waals surface area contributed by atoms with Gasteiger partial charge in [-0.1, -0.05) is 30.0 Å². The summed E-state index contributed by atoms with van der Waals surface area (Å²) in [7, 11) is 0. The lowest BCUT2D eigenvalue weighted by molar-refractivity contribution is 0.877. The summed E-state index contributed by atoms with van der Waals surface area (Å²) in [5.41, 5.74) is 1.85. The van der Waals surface area contributed by atoms with Gasteiger partial charge < -0.3 is 0 Å². The topological polar surface area (TPSA) is 43.6 Å². The number of aromatic nitrogens is 4. The molecule has 0 aliphatic carbocycles. The summed E-state index contributed by atoms with van der Waals surface area (Å²) in [4.78, 5) is 8.71. The van der Waals surface area contributed by atoms with Crippen molar-refractivity contribution in [1.29, 1.82) is 0 Å². The van der Waals surface area contributed by atoms with Gasteiger partial charge in [-0.3, -0.25) is 0 Å². The maximum absolute atomic E-state index is 4.48. The van der Waals surface area contributed by atoms with Crippen LogP contribution < -0.4 is 0 Å². The standard InChI is InChI=1S/C12H10N4S/c1-17-12-13-7-9-8-14-16(11(9)15-12)10-5-3-2-4-6-10/h2-8H,1H3. The van der Waals surface area contributed by atoms with Gasteiger partial charge in [0.05, 0.1) is 17.3 Å². The summed E-state index contributed by atoms with van der Waals surface area (Å²) in [6, 6.07) is 9.97. The number of hydrogen-bond donors (Lipinski definition) is 0. The molecule has 0 N–H and O–H groups in total. The van der Waals surface area contributed by atoms with Crippen LogP contribution in [0.4, 0.5) is 0 Å². The van der Waals surface area contributed by atoms with Crippen LogP contribution in [0.5, 0.6) is 0 Å². The Balaban J connectivity index is 2.23. The molecular formula is C12H10N4S. The lowest BCUT2D eigenvalue weighted by Gasteiger charge is -2.02. The maximum atomic E-state index is 4.48. The van der Waals surface area contributed by atoms with Gasteiger partial charge in [-0.2, -0.15) is 5.10 Å². The van der Waals surface area contributed by atoms with Gasteiger partial charge in [0.1, 0.15) is 0 Å². The molecule has 0 aliphatic heterocycles. The van der Waals surface area contributed by atoms with E-state index < -0.39 is 0 Å². The average molecular weight is 242 g/mol. The number of thioether (sulfide) groups is 1. The summed E-state index contributed by atoms with van der Waals surface area (Å²) in [6.07, 6.45) is 5.55. The van der Waals surface area contributed by atoms with Crippen molar-refractivity contribution in [2.45, 2.75) is 5.16 Å². The molecule has 2 aromatic heterocycles. The second-order valence-electron chi connectivity index (χ2n) is 3.53. The Labute approximate surface area is 103 Å². The van der Waals surface area contributed by atoms with Crippen LogP contribution in [-0.2, 0) is 0 Å². The lowest BCUT2D eigenvalue weighted by atomic mass is 10.3. The predicted octanol–water partition coefficient (Wildman–Crippen LogP) is 2.54. The number of fused-ring (bicyclic) bond motifs is 1. The quantitative estimate of drug-likeness (QED) is 0.511. The number of benzene rings is 1. The fourth-order valence-corrected chi connectivity index (χ4v) is 1.99. The van der Waals surface area contributed by atoms with E-state index in [2.05, 4.69) is 15.1 Å².